The number of nitrogens with two attached hydrogens (primary N) is 2. The van der Waals surface area contributed by atoms with Crippen molar-refractivity contribution in [3.8, 4) is 17.9 Å². The van der Waals surface area contributed by atoms with Gasteiger partial charge in [-0.2, -0.15) is 10.5 Å². The van der Waals surface area contributed by atoms with Crippen LogP contribution in [0.3, 0.4) is 0 Å². The van der Waals surface area contributed by atoms with Crippen LogP contribution in [-0.4, -0.2) is 14.2 Å². The maximum Gasteiger partial charge on any atom is 0.145 e. The van der Waals surface area contributed by atoms with Crippen LogP contribution < -0.4 is 21.5 Å². The Labute approximate surface area is 112 Å². The molecule has 19 heavy (non-hydrogen) atoms. The standard InChI is InChI=1S/C9H13NO.C4H4N4/c1-10-7-8-3-5-9(11-2)6-4-8;5-1-3(7)4(8)2-6/h3-6,10H,7H2,1-2H3;7-8H2/b;4-3-. The lowest BCUT2D eigenvalue weighted by molar-refractivity contribution is 0.414. The number of hydrogen-bond acceptors (Lipinski definition) is 6. The maximum absolute atomic E-state index is 7.97. The van der Waals surface area contributed by atoms with E-state index in [0.717, 1.165) is 12.3 Å². The number of nitrogens with one attached hydrogen (secondary N) is 1. The molecule has 0 saturated carbocycles. The van der Waals surface area contributed by atoms with Gasteiger partial charge in [-0.15, -0.1) is 0 Å². The summed E-state index contributed by atoms with van der Waals surface area (Å²) in [4.78, 5) is 0. The molecule has 0 aromatic heterocycles. The van der Waals surface area contributed by atoms with Crippen molar-refractivity contribution in [3.63, 3.8) is 0 Å². The smallest absolute Gasteiger partial charge is 0.145 e. The summed E-state index contributed by atoms with van der Waals surface area (Å²) in [6.07, 6.45) is 0. The minimum Gasteiger partial charge on any atom is -0.497 e. The number of allylic oxidation sites excluding steroid dienone is 2. The van der Waals surface area contributed by atoms with Crippen molar-refractivity contribution in [1.29, 1.82) is 10.5 Å². The topological polar surface area (TPSA) is 121 Å². The van der Waals surface area contributed by atoms with Crippen molar-refractivity contribution in [2.45, 2.75) is 6.54 Å². The summed E-state index contributed by atoms with van der Waals surface area (Å²) in [6.45, 7) is 0.907. The Bertz CT molecular complexity index is 471. The van der Waals surface area contributed by atoms with E-state index in [2.05, 4.69) is 17.4 Å². The number of hydrogen-bond donors (Lipinski definition) is 3. The number of methoxy groups -OCH3 is 1. The molecule has 5 N–H and O–H groups in total. The Balaban J connectivity index is 0.000000362. The third-order valence-electron chi connectivity index (χ3n) is 2.07. The molecule has 0 saturated heterocycles. The van der Waals surface area contributed by atoms with E-state index in [4.69, 9.17) is 26.7 Å². The molecule has 0 amide bonds. The van der Waals surface area contributed by atoms with Crippen LogP contribution >= 0.6 is 0 Å². The first-order valence-corrected chi connectivity index (χ1v) is 5.42. The van der Waals surface area contributed by atoms with Gasteiger partial charge in [-0.3, -0.25) is 0 Å². The third kappa shape index (κ3) is 6.57. The van der Waals surface area contributed by atoms with Crippen LogP contribution in [0.15, 0.2) is 35.7 Å². The summed E-state index contributed by atoms with van der Waals surface area (Å²) < 4.78 is 5.03. The second-order valence-electron chi connectivity index (χ2n) is 3.43. The van der Waals surface area contributed by atoms with E-state index >= 15 is 0 Å². The van der Waals surface area contributed by atoms with E-state index in [1.807, 2.05) is 19.2 Å². The summed E-state index contributed by atoms with van der Waals surface area (Å²) in [6, 6.07) is 11.1. The second kappa shape index (κ2) is 9.34. The fraction of sp³-hybridized carbons (Fsp3) is 0.231. The van der Waals surface area contributed by atoms with Gasteiger partial charge in [0.2, 0.25) is 0 Å². The van der Waals surface area contributed by atoms with Crippen LogP contribution in [0.25, 0.3) is 0 Å². The molecule has 0 aliphatic rings. The van der Waals surface area contributed by atoms with Gasteiger partial charge in [0.15, 0.2) is 0 Å². The van der Waals surface area contributed by atoms with Crippen LogP contribution in [0.2, 0.25) is 0 Å². The number of nitrogens with zero attached hydrogens (tertiary/aromatic N) is 2. The van der Waals surface area contributed by atoms with E-state index in [1.54, 1.807) is 7.11 Å². The Kier molecular flexibility index (Phi) is 8.01. The molecule has 6 nitrogen and oxygen atoms in total. The van der Waals surface area contributed by atoms with Crippen molar-refractivity contribution >= 4 is 0 Å². The molecule has 1 aromatic rings. The molecule has 0 heterocycles. The Morgan fingerprint density at radius 3 is 1.95 bits per heavy atom. The fourth-order valence-corrected chi connectivity index (χ4v) is 1.07. The predicted octanol–water partition coefficient (Wildman–Crippen LogP) is 0.577. The molecule has 1 rings (SSSR count). The van der Waals surface area contributed by atoms with Gasteiger partial charge in [0, 0.05) is 6.54 Å². The SMILES string of the molecule is CNCc1ccc(OC)cc1.N#C/C(N)=C(/N)C#N. The van der Waals surface area contributed by atoms with Gasteiger partial charge < -0.3 is 21.5 Å². The van der Waals surface area contributed by atoms with E-state index in [0.29, 0.717) is 0 Å². The molecule has 0 fully saturated rings. The molecular formula is C13H17N5O. The van der Waals surface area contributed by atoms with Gasteiger partial charge >= 0.3 is 0 Å². The summed E-state index contributed by atoms with van der Waals surface area (Å²) >= 11 is 0. The van der Waals surface area contributed by atoms with Crippen molar-refractivity contribution in [3.05, 3.63) is 41.2 Å². The van der Waals surface area contributed by atoms with E-state index in [1.165, 1.54) is 17.7 Å². The molecule has 0 aliphatic carbocycles. The molecule has 6 heteroatoms. The van der Waals surface area contributed by atoms with Crippen molar-refractivity contribution < 1.29 is 4.74 Å². The average molecular weight is 259 g/mol. The van der Waals surface area contributed by atoms with Gasteiger partial charge in [0.05, 0.1) is 7.11 Å². The number of rotatable bonds is 3. The minimum atomic E-state index is -0.229. The highest BCUT2D eigenvalue weighted by atomic mass is 16.5. The minimum absolute atomic E-state index is 0.229. The van der Waals surface area contributed by atoms with Gasteiger partial charge in [-0.1, -0.05) is 12.1 Å². The van der Waals surface area contributed by atoms with E-state index in [-0.39, 0.29) is 11.4 Å². The molecule has 0 aliphatic heterocycles. The summed E-state index contributed by atoms with van der Waals surface area (Å²) in [5, 5.41) is 19.0. The van der Waals surface area contributed by atoms with Crippen molar-refractivity contribution in [2.75, 3.05) is 14.2 Å². The van der Waals surface area contributed by atoms with Gasteiger partial charge in [0.25, 0.3) is 0 Å². The van der Waals surface area contributed by atoms with Crippen LogP contribution in [0.4, 0.5) is 0 Å². The Hall–Kier alpha value is -2.70. The molecule has 0 bridgehead atoms. The van der Waals surface area contributed by atoms with Crippen molar-refractivity contribution in [1.82, 2.24) is 5.32 Å². The van der Waals surface area contributed by atoms with Crippen molar-refractivity contribution in [2.24, 2.45) is 11.5 Å². The highest BCUT2D eigenvalue weighted by molar-refractivity contribution is 5.31. The lowest BCUT2D eigenvalue weighted by Gasteiger charge is -2.01. The van der Waals surface area contributed by atoms with Crippen LogP contribution in [-0.2, 0) is 6.54 Å². The third-order valence-corrected chi connectivity index (χ3v) is 2.07. The van der Waals surface area contributed by atoms with E-state index in [9.17, 15) is 0 Å². The summed E-state index contributed by atoms with van der Waals surface area (Å²) in [5.74, 6) is 0.907. The first kappa shape index (κ1) is 16.3. The first-order chi connectivity index (χ1) is 9.08. The molecule has 100 valence electrons. The molecule has 0 spiro atoms. The number of ether oxygens (including phenoxy) is 1. The molecule has 0 atom stereocenters. The molecular weight excluding hydrogens is 242 g/mol. The maximum atomic E-state index is 7.97. The van der Waals surface area contributed by atoms with Gasteiger partial charge in [-0.05, 0) is 24.7 Å². The highest BCUT2D eigenvalue weighted by Crippen LogP contribution is 2.10. The molecule has 0 radical (unpaired) electrons. The number of benzene rings is 1. The Morgan fingerprint density at radius 2 is 1.63 bits per heavy atom. The van der Waals surface area contributed by atoms with Gasteiger partial charge in [0.1, 0.15) is 29.3 Å². The fourth-order valence-electron chi connectivity index (χ4n) is 1.07. The lowest BCUT2D eigenvalue weighted by atomic mass is 10.2. The summed E-state index contributed by atoms with van der Waals surface area (Å²) in [7, 11) is 3.61. The Morgan fingerprint density at radius 1 is 1.16 bits per heavy atom. The normalized spacial score (nSPS) is 10.1. The second-order valence-corrected chi connectivity index (χ2v) is 3.43. The molecule has 0 unspecified atom stereocenters. The number of nitriles is 2. The zero-order valence-electron chi connectivity index (χ0n) is 11.0. The predicted molar refractivity (Wildman–Crippen MR) is 72.4 cm³/mol. The van der Waals surface area contributed by atoms with Crippen LogP contribution in [0, 0.1) is 22.7 Å². The largest absolute Gasteiger partial charge is 0.497 e. The zero-order valence-corrected chi connectivity index (χ0v) is 11.0. The lowest BCUT2D eigenvalue weighted by Crippen LogP contribution is -2.05. The van der Waals surface area contributed by atoms with Crippen LogP contribution in [0.5, 0.6) is 5.75 Å². The van der Waals surface area contributed by atoms with Gasteiger partial charge in [-0.25, -0.2) is 0 Å². The molecule has 1 aromatic carbocycles. The quantitative estimate of drug-likeness (QED) is 0.682. The average Bonchev–Trinajstić information content (AvgIpc) is 2.47. The zero-order chi connectivity index (χ0) is 14.7. The highest BCUT2D eigenvalue weighted by Gasteiger charge is 1.91. The monoisotopic (exact) mass is 259 g/mol. The van der Waals surface area contributed by atoms with E-state index < -0.39 is 0 Å². The first-order valence-electron chi connectivity index (χ1n) is 5.42. The van der Waals surface area contributed by atoms with Crippen LogP contribution in [0.1, 0.15) is 5.56 Å². The summed E-state index contributed by atoms with van der Waals surface area (Å²) in [5.41, 5.74) is 10.6.